The van der Waals surface area contributed by atoms with Gasteiger partial charge < -0.3 is 5.11 Å². The standard InChI is InChI=1S/C14H15F2NO4S/c1-2-6-17(9-13(18)19)22(20,21)11-5-3-4-10(7-11)12-8-14(12,15)16/h2-5,7,12H,1,6,8-9H2,(H,18,19). The van der Waals surface area contributed by atoms with Gasteiger partial charge in [0.05, 0.1) is 10.8 Å². The van der Waals surface area contributed by atoms with Gasteiger partial charge >= 0.3 is 5.97 Å². The Balaban J connectivity index is 2.34. The summed E-state index contributed by atoms with van der Waals surface area (Å²) in [6, 6.07) is 5.26. The Morgan fingerprint density at radius 2 is 2.14 bits per heavy atom. The Hall–Kier alpha value is -1.80. The molecular weight excluding hydrogens is 316 g/mol. The number of hydrogen-bond acceptors (Lipinski definition) is 3. The van der Waals surface area contributed by atoms with Gasteiger partial charge in [0.15, 0.2) is 0 Å². The predicted molar refractivity (Wildman–Crippen MR) is 75.3 cm³/mol. The Kier molecular flexibility index (Phi) is 4.35. The van der Waals surface area contributed by atoms with Crippen LogP contribution in [0.4, 0.5) is 8.78 Å². The van der Waals surface area contributed by atoms with Crippen LogP contribution in [0.15, 0.2) is 41.8 Å². The van der Waals surface area contributed by atoms with Crippen molar-refractivity contribution in [1.82, 2.24) is 4.31 Å². The number of hydrogen-bond donors (Lipinski definition) is 1. The quantitative estimate of drug-likeness (QED) is 0.776. The number of rotatable bonds is 7. The number of halogens is 2. The minimum atomic E-state index is -4.09. The molecule has 0 aliphatic heterocycles. The van der Waals surface area contributed by atoms with E-state index in [1.54, 1.807) is 0 Å². The Morgan fingerprint density at radius 1 is 1.50 bits per heavy atom. The molecule has 1 saturated carbocycles. The van der Waals surface area contributed by atoms with Crippen LogP contribution in [0.2, 0.25) is 0 Å². The van der Waals surface area contributed by atoms with E-state index in [1.165, 1.54) is 30.3 Å². The van der Waals surface area contributed by atoms with E-state index in [9.17, 15) is 22.0 Å². The molecule has 1 N–H and O–H groups in total. The van der Waals surface area contributed by atoms with Crippen molar-refractivity contribution in [1.29, 1.82) is 0 Å². The summed E-state index contributed by atoms with van der Waals surface area (Å²) in [5.74, 6) is -5.09. The molecule has 0 aromatic heterocycles. The maximum absolute atomic E-state index is 13.1. The third-order valence-electron chi connectivity index (χ3n) is 3.37. The van der Waals surface area contributed by atoms with E-state index < -0.39 is 34.4 Å². The normalized spacial score (nSPS) is 19.9. The summed E-state index contributed by atoms with van der Waals surface area (Å²) in [7, 11) is -4.09. The zero-order valence-corrected chi connectivity index (χ0v) is 12.4. The maximum atomic E-state index is 13.1. The van der Waals surface area contributed by atoms with Crippen LogP contribution in [-0.4, -0.2) is 42.8 Å². The van der Waals surface area contributed by atoms with Gasteiger partial charge in [-0.1, -0.05) is 18.2 Å². The van der Waals surface area contributed by atoms with Crippen molar-refractivity contribution in [3.8, 4) is 0 Å². The summed E-state index contributed by atoms with van der Waals surface area (Å²) in [4.78, 5) is 10.6. The topological polar surface area (TPSA) is 74.7 Å². The minimum absolute atomic E-state index is 0.182. The number of carboxylic acid groups (broad SMARTS) is 1. The zero-order valence-electron chi connectivity index (χ0n) is 11.6. The van der Waals surface area contributed by atoms with Crippen molar-refractivity contribution < 1.29 is 27.1 Å². The SMILES string of the molecule is C=CCN(CC(=O)O)S(=O)(=O)c1cccc(C2CC2(F)F)c1. The number of carboxylic acids is 1. The van der Waals surface area contributed by atoms with Gasteiger partial charge in [-0.2, -0.15) is 4.31 Å². The highest BCUT2D eigenvalue weighted by molar-refractivity contribution is 7.89. The summed E-state index contributed by atoms with van der Waals surface area (Å²) in [5.41, 5.74) is 0.236. The van der Waals surface area contributed by atoms with Crippen LogP contribution in [0.25, 0.3) is 0 Å². The van der Waals surface area contributed by atoms with Gasteiger partial charge in [0.25, 0.3) is 5.92 Å². The first kappa shape index (κ1) is 16.6. The molecule has 1 aliphatic carbocycles. The molecular formula is C14H15F2NO4S. The van der Waals surface area contributed by atoms with Crippen LogP contribution in [0.3, 0.4) is 0 Å². The fraction of sp³-hybridized carbons (Fsp3) is 0.357. The van der Waals surface area contributed by atoms with E-state index in [0.29, 0.717) is 0 Å². The van der Waals surface area contributed by atoms with Crippen LogP contribution in [0.1, 0.15) is 17.9 Å². The molecule has 22 heavy (non-hydrogen) atoms. The molecule has 0 bridgehead atoms. The van der Waals surface area contributed by atoms with Crippen LogP contribution in [0, 0.1) is 0 Å². The molecule has 5 nitrogen and oxygen atoms in total. The van der Waals surface area contributed by atoms with Crippen molar-refractivity contribution in [2.24, 2.45) is 0 Å². The van der Waals surface area contributed by atoms with E-state index in [1.807, 2.05) is 0 Å². The van der Waals surface area contributed by atoms with Crippen LogP contribution in [-0.2, 0) is 14.8 Å². The predicted octanol–water partition coefficient (Wildman–Crippen LogP) is 2.07. The van der Waals surface area contributed by atoms with E-state index >= 15 is 0 Å². The first-order valence-electron chi connectivity index (χ1n) is 6.49. The summed E-state index contributed by atoms with van der Waals surface area (Å²) < 4.78 is 51.8. The monoisotopic (exact) mass is 331 g/mol. The highest BCUT2D eigenvalue weighted by atomic mass is 32.2. The first-order chi connectivity index (χ1) is 10.2. The molecule has 0 spiro atoms. The number of sulfonamides is 1. The summed E-state index contributed by atoms with van der Waals surface area (Å²) in [6.45, 7) is 2.49. The average molecular weight is 331 g/mol. The van der Waals surface area contributed by atoms with Gasteiger partial charge in [-0.3, -0.25) is 4.79 Å². The number of nitrogens with zero attached hydrogens (tertiary/aromatic N) is 1. The van der Waals surface area contributed by atoms with Crippen LogP contribution in [0.5, 0.6) is 0 Å². The molecule has 1 unspecified atom stereocenters. The lowest BCUT2D eigenvalue weighted by atomic mass is 10.1. The molecule has 2 rings (SSSR count). The second-order valence-corrected chi connectivity index (χ2v) is 7.01. The molecule has 1 aromatic rings. The number of aliphatic carboxylic acids is 1. The summed E-state index contributed by atoms with van der Waals surface area (Å²) in [6.07, 6.45) is 0.960. The van der Waals surface area contributed by atoms with Crippen molar-refractivity contribution in [3.05, 3.63) is 42.5 Å². The second-order valence-electron chi connectivity index (χ2n) is 5.07. The molecule has 0 heterocycles. The van der Waals surface area contributed by atoms with E-state index in [0.717, 1.165) is 4.31 Å². The highest BCUT2D eigenvalue weighted by Crippen LogP contribution is 2.55. The van der Waals surface area contributed by atoms with Crippen molar-refractivity contribution >= 4 is 16.0 Å². The molecule has 1 atom stereocenters. The van der Waals surface area contributed by atoms with Gasteiger partial charge in [-0.05, 0) is 17.7 Å². The molecule has 0 radical (unpaired) electrons. The van der Waals surface area contributed by atoms with Gasteiger partial charge in [0, 0.05) is 13.0 Å². The van der Waals surface area contributed by atoms with Gasteiger partial charge in [0.2, 0.25) is 10.0 Å². The van der Waals surface area contributed by atoms with Crippen molar-refractivity contribution in [3.63, 3.8) is 0 Å². The zero-order chi connectivity index (χ0) is 16.5. The first-order valence-corrected chi connectivity index (χ1v) is 7.93. The highest BCUT2D eigenvalue weighted by Gasteiger charge is 2.57. The Morgan fingerprint density at radius 3 is 2.64 bits per heavy atom. The van der Waals surface area contributed by atoms with Crippen LogP contribution < -0.4 is 0 Å². The average Bonchev–Trinajstić information content (AvgIpc) is 3.07. The summed E-state index contributed by atoms with van der Waals surface area (Å²) in [5, 5.41) is 8.80. The lowest BCUT2D eigenvalue weighted by Crippen LogP contribution is -2.35. The third kappa shape index (κ3) is 3.33. The van der Waals surface area contributed by atoms with Crippen molar-refractivity contribution in [2.75, 3.05) is 13.1 Å². The Bertz CT molecular complexity index is 703. The lowest BCUT2D eigenvalue weighted by Gasteiger charge is -2.19. The third-order valence-corrected chi connectivity index (χ3v) is 5.18. The van der Waals surface area contributed by atoms with Gasteiger partial charge in [-0.25, -0.2) is 17.2 Å². The fourth-order valence-corrected chi connectivity index (χ4v) is 3.57. The number of carbonyl (C=O) groups is 1. The molecule has 120 valence electrons. The van der Waals surface area contributed by atoms with E-state index in [-0.39, 0.29) is 23.4 Å². The minimum Gasteiger partial charge on any atom is -0.480 e. The molecule has 1 aromatic carbocycles. The van der Waals surface area contributed by atoms with Crippen molar-refractivity contribution in [2.45, 2.75) is 23.2 Å². The van der Waals surface area contributed by atoms with Crippen LogP contribution >= 0.6 is 0 Å². The maximum Gasteiger partial charge on any atom is 0.318 e. The molecule has 0 amide bonds. The molecule has 8 heteroatoms. The molecule has 1 aliphatic rings. The molecule has 1 fully saturated rings. The lowest BCUT2D eigenvalue weighted by molar-refractivity contribution is -0.137. The van der Waals surface area contributed by atoms with Gasteiger partial charge in [0.1, 0.15) is 6.54 Å². The number of alkyl halides is 2. The summed E-state index contributed by atoms with van der Waals surface area (Å²) >= 11 is 0. The number of benzene rings is 1. The molecule has 0 saturated heterocycles. The smallest absolute Gasteiger partial charge is 0.318 e. The fourth-order valence-electron chi connectivity index (χ4n) is 2.16. The Labute approximate surface area is 126 Å². The van der Waals surface area contributed by atoms with Gasteiger partial charge in [-0.15, -0.1) is 6.58 Å². The van der Waals surface area contributed by atoms with E-state index in [2.05, 4.69) is 6.58 Å². The van der Waals surface area contributed by atoms with E-state index in [4.69, 9.17) is 5.11 Å². The second kappa shape index (κ2) is 5.77. The largest absolute Gasteiger partial charge is 0.480 e.